The second-order valence-corrected chi connectivity index (χ2v) is 2.65. The molecule has 1 fully saturated rings. The molecular formula is C6H9F2NO2. The van der Waals surface area contributed by atoms with Crippen molar-refractivity contribution < 1.29 is 18.7 Å². The molecule has 5 heteroatoms. The summed E-state index contributed by atoms with van der Waals surface area (Å²) in [6.07, 6.45) is -2.80. The Kier molecular flexibility index (Phi) is 1.97. The highest BCUT2D eigenvalue weighted by Gasteiger charge is 2.45. The molecule has 0 heterocycles. The molecule has 1 aliphatic carbocycles. The van der Waals surface area contributed by atoms with Gasteiger partial charge in [0, 0.05) is 6.42 Å². The van der Waals surface area contributed by atoms with Gasteiger partial charge in [-0.05, 0) is 12.8 Å². The van der Waals surface area contributed by atoms with Gasteiger partial charge in [-0.3, -0.25) is 5.32 Å². The van der Waals surface area contributed by atoms with Gasteiger partial charge in [0.1, 0.15) is 0 Å². The standard InChI is InChI=1S/C6H9F2NO2/c7-4-2-1-3-6(4,8)9-5(10)11/h4,9H,1-3H2,(H,10,11). The molecule has 0 aromatic heterocycles. The summed E-state index contributed by atoms with van der Waals surface area (Å²) < 4.78 is 25.7. The smallest absolute Gasteiger partial charge is 0.407 e. The largest absolute Gasteiger partial charge is 0.465 e. The third kappa shape index (κ3) is 1.58. The van der Waals surface area contributed by atoms with Crippen molar-refractivity contribution in [2.75, 3.05) is 0 Å². The third-order valence-corrected chi connectivity index (χ3v) is 1.81. The summed E-state index contributed by atoms with van der Waals surface area (Å²) in [4.78, 5) is 9.99. The molecule has 2 N–H and O–H groups in total. The van der Waals surface area contributed by atoms with Crippen molar-refractivity contribution >= 4 is 6.09 Å². The quantitative estimate of drug-likeness (QED) is 0.577. The van der Waals surface area contributed by atoms with Crippen LogP contribution in [0.5, 0.6) is 0 Å². The van der Waals surface area contributed by atoms with Gasteiger partial charge in [0.05, 0.1) is 0 Å². The number of nitrogens with one attached hydrogen (secondary N) is 1. The Morgan fingerprint density at radius 2 is 2.36 bits per heavy atom. The number of hydrogen-bond donors (Lipinski definition) is 2. The zero-order chi connectivity index (χ0) is 8.48. The van der Waals surface area contributed by atoms with Gasteiger partial charge in [-0.15, -0.1) is 0 Å². The minimum atomic E-state index is -2.34. The van der Waals surface area contributed by atoms with Gasteiger partial charge in [-0.25, -0.2) is 13.6 Å². The Morgan fingerprint density at radius 1 is 1.73 bits per heavy atom. The van der Waals surface area contributed by atoms with Crippen LogP contribution in [0.3, 0.4) is 0 Å². The molecule has 2 atom stereocenters. The third-order valence-electron chi connectivity index (χ3n) is 1.81. The maximum absolute atomic E-state index is 13.1. The van der Waals surface area contributed by atoms with E-state index >= 15 is 0 Å². The van der Waals surface area contributed by atoms with E-state index in [1.165, 1.54) is 0 Å². The zero-order valence-corrected chi connectivity index (χ0v) is 5.81. The average molecular weight is 165 g/mol. The van der Waals surface area contributed by atoms with Crippen LogP contribution in [0.15, 0.2) is 0 Å². The van der Waals surface area contributed by atoms with E-state index in [1.807, 2.05) is 0 Å². The van der Waals surface area contributed by atoms with E-state index in [2.05, 4.69) is 0 Å². The lowest BCUT2D eigenvalue weighted by molar-refractivity contribution is 0.0434. The topological polar surface area (TPSA) is 49.3 Å². The van der Waals surface area contributed by atoms with Gasteiger partial charge in [-0.1, -0.05) is 0 Å². The average Bonchev–Trinajstić information content (AvgIpc) is 2.11. The first-order valence-corrected chi connectivity index (χ1v) is 3.39. The van der Waals surface area contributed by atoms with Gasteiger partial charge < -0.3 is 5.11 Å². The van der Waals surface area contributed by atoms with Crippen LogP contribution in [0.2, 0.25) is 0 Å². The molecule has 0 bridgehead atoms. The Bertz CT molecular complexity index is 176. The fourth-order valence-electron chi connectivity index (χ4n) is 1.24. The van der Waals surface area contributed by atoms with E-state index in [9.17, 15) is 13.6 Å². The van der Waals surface area contributed by atoms with E-state index in [-0.39, 0.29) is 12.8 Å². The van der Waals surface area contributed by atoms with E-state index in [0.29, 0.717) is 6.42 Å². The van der Waals surface area contributed by atoms with Gasteiger partial charge in [0.2, 0.25) is 5.79 Å². The highest BCUT2D eigenvalue weighted by molar-refractivity contribution is 5.65. The first-order chi connectivity index (χ1) is 5.04. The number of alkyl halides is 2. The Hall–Kier alpha value is -0.870. The molecule has 1 aliphatic rings. The second-order valence-electron chi connectivity index (χ2n) is 2.65. The minimum absolute atomic E-state index is 0.0690. The van der Waals surface area contributed by atoms with Crippen LogP contribution in [-0.2, 0) is 0 Å². The van der Waals surface area contributed by atoms with Gasteiger partial charge in [-0.2, -0.15) is 0 Å². The van der Waals surface area contributed by atoms with Crippen molar-refractivity contribution in [2.45, 2.75) is 31.2 Å². The van der Waals surface area contributed by atoms with Crippen molar-refractivity contribution in [2.24, 2.45) is 0 Å². The Morgan fingerprint density at radius 3 is 2.73 bits per heavy atom. The lowest BCUT2D eigenvalue weighted by atomic mass is 10.2. The summed E-state index contributed by atoms with van der Waals surface area (Å²) >= 11 is 0. The predicted octanol–water partition coefficient (Wildman–Crippen LogP) is 1.44. The van der Waals surface area contributed by atoms with Crippen LogP contribution in [0.4, 0.5) is 13.6 Å². The molecule has 3 nitrogen and oxygen atoms in total. The number of halogens is 2. The van der Waals surface area contributed by atoms with Crippen molar-refractivity contribution in [3.8, 4) is 0 Å². The highest BCUT2D eigenvalue weighted by atomic mass is 19.2. The van der Waals surface area contributed by atoms with Crippen molar-refractivity contribution in [1.29, 1.82) is 0 Å². The molecule has 64 valence electrons. The van der Waals surface area contributed by atoms with Crippen LogP contribution >= 0.6 is 0 Å². The van der Waals surface area contributed by atoms with E-state index < -0.39 is 18.1 Å². The number of rotatable bonds is 1. The zero-order valence-electron chi connectivity index (χ0n) is 5.81. The maximum atomic E-state index is 13.1. The molecule has 1 saturated carbocycles. The van der Waals surface area contributed by atoms with Crippen LogP contribution in [0, 0.1) is 0 Å². The van der Waals surface area contributed by atoms with Gasteiger partial charge in [0.25, 0.3) is 0 Å². The summed E-state index contributed by atoms with van der Waals surface area (Å²) in [5.41, 5.74) is 0. The summed E-state index contributed by atoms with van der Waals surface area (Å²) in [5, 5.41) is 9.68. The highest BCUT2D eigenvalue weighted by Crippen LogP contribution is 2.33. The second kappa shape index (κ2) is 2.64. The number of carboxylic acid groups (broad SMARTS) is 1. The van der Waals surface area contributed by atoms with Gasteiger partial charge >= 0.3 is 6.09 Å². The molecular weight excluding hydrogens is 156 g/mol. The van der Waals surface area contributed by atoms with Crippen molar-refractivity contribution in [3.63, 3.8) is 0 Å². The molecule has 0 aliphatic heterocycles. The monoisotopic (exact) mass is 165 g/mol. The molecule has 0 aromatic rings. The van der Waals surface area contributed by atoms with Crippen LogP contribution in [0.1, 0.15) is 19.3 Å². The maximum Gasteiger partial charge on any atom is 0.407 e. The molecule has 0 aromatic carbocycles. The van der Waals surface area contributed by atoms with Crippen LogP contribution in [-0.4, -0.2) is 23.2 Å². The minimum Gasteiger partial charge on any atom is -0.465 e. The molecule has 0 spiro atoms. The normalized spacial score (nSPS) is 37.1. The summed E-state index contributed by atoms with van der Waals surface area (Å²) in [7, 11) is 0. The first-order valence-electron chi connectivity index (χ1n) is 3.39. The Balaban J connectivity index is 2.58. The molecule has 11 heavy (non-hydrogen) atoms. The summed E-state index contributed by atoms with van der Waals surface area (Å²) in [5.74, 6) is -2.34. The van der Waals surface area contributed by atoms with E-state index in [0.717, 1.165) is 0 Å². The fourth-order valence-corrected chi connectivity index (χ4v) is 1.24. The lowest BCUT2D eigenvalue weighted by Gasteiger charge is -2.20. The molecule has 1 rings (SSSR count). The molecule has 0 radical (unpaired) electrons. The lowest BCUT2D eigenvalue weighted by Crippen LogP contribution is -2.47. The van der Waals surface area contributed by atoms with Crippen molar-refractivity contribution in [1.82, 2.24) is 5.32 Å². The van der Waals surface area contributed by atoms with Crippen molar-refractivity contribution in [3.05, 3.63) is 0 Å². The summed E-state index contributed by atoms with van der Waals surface area (Å²) in [6, 6.07) is 0. The fraction of sp³-hybridized carbons (Fsp3) is 0.833. The molecule has 1 amide bonds. The number of amides is 1. The molecule has 2 unspecified atom stereocenters. The summed E-state index contributed by atoms with van der Waals surface area (Å²) in [6.45, 7) is 0. The predicted molar refractivity (Wildman–Crippen MR) is 33.7 cm³/mol. The number of hydrogen-bond acceptors (Lipinski definition) is 1. The van der Waals surface area contributed by atoms with Crippen LogP contribution < -0.4 is 5.32 Å². The van der Waals surface area contributed by atoms with Crippen LogP contribution in [0.25, 0.3) is 0 Å². The molecule has 0 saturated heterocycles. The SMILES string of the molecule is O=C(O)NC1(F)CCCC1F. The number of carbonyl (C=O) groups is 1. The Labute approximate surface area is 62.4 Å². The van der Waals surface area contributed by atoms with E-state index in [1.54, 1.807) is 5.32 Å². The first kappa shape index (κ1) is 8.23. The van der Waals surface area contributed by atoms with Gasteiger partial charge in [0.15, 0.2) is 6.17 Å². The van der Waals surface area contributed by atoms with E-state index in [4.69, 9.17) is 5.11 Å².